The lowest BCUT2D eigenvalue weighted by Crippen LogP contribution is -2.25. The summed E-state index contributed by atoms with van der Waals surface area (Å²) in [5.74, 6) is -0.865. The van der Waals surface area contributed by atoms with Crippen LogP contribution in [0.3, 0.4) is 0 Å². The van der Waals surface area contributed by atoms with Crippen LogP contribution in [0.15, 0.2) is 0 Å². The molecule has 0 saturated heterocycles. The fraction of sp³-hybridized carbons (Fsp3) is 0.714. The quantitative estimate of drug-likeness (QED) is 0.300. The van der Waals surface area contributed by atoms with Gasteiger partial charge in [-0.25, -0.2) is 4.79 Å². The van der Waals surface area contributed by atoms with Crippen LogP contribution in [0.1, 0.15) is 12.8 Å². The Balaban J connectivity index is 3.63. The minimum absolute atomic E-state index is 0.0349. The smallest absolute Gasteiger partial charge is 0.335 e. The SMILES string of the molecule is O=C(S)CC(O)C(=O)OCCCO. The van der Waals surface area contributed by atoms with Gasteiger partial charge < -0.3 is 14.9 Å². The maximum atomic E-state index is 10.8. The Kier molecular flexibility index (Phi) is 6.56. The molecule has 1 unspecified atom stereocenters. The molecule has 0 fully saturated rings. The average Bonchev–Trinajstić information content (AvgIpc) is 2.03. The zero-order chi connectivity index (χ0) is 10.3. The molecule has 0 radical (unpaired) electrons. The van der Waals surface area contributed by atoms with Crippen molar-refractivity contribution in [2.75, 3.05) is 13.2 Å². The number of aliphatic hydroxyl groups is 2. The van der Waals surface area contributed by atoms with Gasteiger partial charge in [0.05, 0.1) is 13.0 Å². The zero-order valence-corrected chi connectivity index (χ0v) is 7.87. The van der Waals surface area contributed by atoms with Crippen molar-refractivity contribution in [3.05, 3.63) is 0 Å². The van der Waals surface area contributed by atoms with Crippen LogP contribution in [0, 0.1) is 0 Å². The van der Waals surface area contributed by atoms with Gasteiger partial charge in [0, 0.05) is 13.0 Å². The summed E-state index contributed by atoms with van der Waals surface area (Å²) >= 11 is 3.39. The van der Waals surface area contributed by atoms with Crippen LogP contribution in [0.25, 0.3) is 0 Å². The van der Waals surface area contributed by atoms with Crippen molar-refractivity contribution >= 4 is 23.7 Å². The first-order valence-electron chi connectivity index (χ1n) is 3.75. The summed E-state index contributed by atoms with van der Waals surface area (Å²) in [6, 6.07) is 0. The Morgan fingerprint density at radius 2 is 2.08 bits per heavy atom. The summed E-state index contributed by atoms with van der Waals surface area (Å²) in [4.78, 5) is 21.2. The van der Waals surface area contributed by atoms with E-state index in [-0.39, 0.29) is 19.6 Å². The number of esters is 1. The molecule has 13 heavy (non-hydrogen) atoms. The number of hydrogen-bond acceptors (Lipinski definition) is 5. The number of rotatable bonds is 6. The molecule has 0 bridgehead atoms. The van der Waals surface area contributed by atoms with Crippen molar-refractivity contribution in [1.29, 1.82) is 0 Å². The van der Waals surface area contributed by atoms with Gasteiger partial charge in [-0.3, -0.25) is 4.79 Å². The molecule has 0 aliphatic rings. The van der Waals surface area contributed by atoms with Gasteiger partial charge in [0.15, 0.2) is 11.2 Å². The molecule has 0 aromatic heterocycles. The molecule has 0 aliphatic heterocycles. The largest absolute Gasteiger partial charge is 0.464 e. The number of carbonyl (C=O) groups excluding carboxylic acids is 2. The first kappa shape index (κ1) is 12.4. The Hall–Kier alpha value is -0.590. The molecule has 0 amide bonds. The molecular formula is C7H12O5S. The van der Waals surface area contributed by atoms with Crippen LogP contribution < -0.4 is 0 Å². The summed E-state index contributed by atoms with van der Waals surface area (Å²) in [6.45, 7) is -0.0535. The van der Waals surface area contributed by atoms with Crippen LogP contribution in [0.4, 0.5) is 0 Å². The fourth-order valence-electron chi connectivity index (χ4n) is 0.582. The number of thiol groups is 1. The van der Waals surface area contributed by atoms with E-state index in [0.29, 0.717) is 6.42 Å². The number of aliphatic hydroxyl groups excluding tert-OH is 2. The monoisotopic (exact) mass is 208 g/mol. The molecular weight excluding hydrogens is 196 g/mol. The highest BCUT2D eigenvalue weighted by atomic mass is 32.1. The third-order valence-electron chi connectivity index (χ3n) is 1.19. The molecule has 5 nitrogen and oxygen atoms in total. The maximum Gasteiger partial charge on any atom is 0.335 e. The highest BCUT2D eigenvalue weighted by Gasteiger charge is 2.18. The molecule has 0 aliphatic carbocycles. The predicted octanol–water partition coefficient (Wildman–Crippen LogP) is -0.881. The second-order valence-electron chi connectivity index (χ2n) is 2.36. The molecule has 76 valence electrons. The highest BCUT2D eigenvalue weighted by molar-refractivity contribution is 7.96. The van der Waals surface area contributed by atoms with Gasteiger partial charge in [-0.1, -0.05) is 0 Å². The molecule has 0 saturated carbocycles. The molecule has 0 heterocycles. The van der Waals surface area contributed by atoms with Crippen LogP contribution in [0.5, 0.6) is 0 Å². The molecule has 0 aromatic carbocycles. The van der Waals surface area contributed by atoms with E-state index in [2.05, 4.69) is 17.4 Å². The molecule has 0 aromatic rings. The van der Waals surface area contributed by atoms with E-state index in [1.807, 2.05) is 0 Å². The highest BCUT2D eigenvalue weighted by Crippen LogP contribution is 1.99. The van der Waals surface area contributed by atoms with Gasteiger partial charge in [-0.2, -0.15) is 0 Å². The lowest BCUT2D eigenvalue weighted by Gasteiger charge is -2.07. The van der Waals surface area contributed by atoms with Gasteiger partial charge in [0.25, 0.3) is 0 Å². The van der Waals surface area contributed by atoms with E-state index in [1.165, 1.54) is 0 Å². The van der Waals surface area contributed by atoms with Crippen molar-refractivity contribution in [2.24, 2.45) is 0 Å². The molecule has 2 N–H and O–H groups in total. The second-order valence-corrected chi connectivity index (χ2v) is 2.86. The summed E-state index contributed by atoms with van der Waals surface area (Å²) in [5, 5.41) is 16.7. The Bertz CT molecular complexity index is 182. The van der Waals surface area contributed by atoms with Crippen molar-refractivity contribution in [3.63, 3.8) is 0 Å². The first-order valence-corrected chi connectivity index (χ1v) is 4.20. The van der Waals surface area contributed by atoms with E-state index in [4.69, 9.17) is 10.2 Å². The normalized spacial score (nSPS) is 12.2. The van der Waals surface area contributed by atoms with Gasteiger partial charge in [0.2, 0.25) is 0 Å². The predicted molar refractivity (Wildman–Crippen MR) is 47.3 cm³/mol. The van der Waals surface area contributed by atoms with Gasteiger partial charge in [-0.15, -0.1) is 12.6 Å². The average molecular weight is 208 g/mol. The van der Waals surface area contributed by atoms with Crippen LogP contribution >= 0.6 is 12.6 Å². The maximum absolute atomic E-state index is 10.8. The Morgan fingerprint density at radius 3 is 2.54 bits per heavy atom. The third kappa shape index (κ3) is 6.56. The van der Waals surface area contributed by atoms with Gasteiger partial charge in [-0.05, 0) is 0 Å². The van der Waals surface area contributed by atoms with E-state index in [9.17, 15) is 9.59 Å². The lowest BCUT2D eigenvalue weighted by atomic mass is 10.3. The van der Waals surface area contributed by atoms with E-state index in [0.717, 1.165) is 0 Å². The van der Waals surface area contributed by atoms with Crippen LogP contribution in [-0.2, 0) is 14.3 Å². The van der Waals surface area contributed by atoms with E-state index < -0.39 is 17.2 Å². The molecule has 0 rings (SSSR count). The first-order chi connectivity index (χ1) is 6.07. The van der Waals surface area contributed by atoms with E-state index in [1.54, 1.807) is 0 Å². The van der Waals surface area contributed by atoms with Crippen molar-refractivity contribution in [1.82, 2.24) is 0 Å². The number of carbonyl (C=O) groups is 2. The van der Waals surface area contributed by atoms with Gasteiger partial charge in [0.1, 0.15) is 0 Å². The number of ether oxygens (including phenoxy) is 1. The topological polar surface area (TPSA) is 83.8 Å². The Morgan fingerprint density at radius 1 is 1.46 bits per heavy atom. The Labute approximate surface area is 81.1 Å². The summed E-state index contributed by atoms with van der Waals surface area (Å²) in [6.07, 6.45) is -1.50. The van der Waals surface area contributed by atoms with Crippen molar-refractivity contribution < 1.29 is 24.5 Å². The summed E-state index contributed by atoms with van der Waals surface area (Å²) in [7, 11) is 0. The third-order valence-corrected chi connectivity index (χ3v) is 1.37. The van der Waals surface area contributed by atoms with Crippen LogP contribution in [0.2, 0.25) is 0 Å². The fourth-order valence-corrected chi connectivity index (χ4v) is 0.755. The lowest BCUT2D eigenvalue weighted by molar-refractivity contribution is -0.154. The molecule has 6 heteroatoms. The van der Waals surface area contributed by atoms with Gasteiger partial charge >= 0.3 is 5.97 Å². The van der Waals surface area contributed by atoms with Crippen molar-refractivity contribution in [2.45, 2.75) is 18.9 Å². The standard InChI is InChI=1S/C7H12O5S/c8-2-1-3-12-7(11)5(9)4-6(10)13/h5,8-9H,1-4H2,(H,10,13). The molecule has 0 spiro atoms. The molecule has 1 atom stereocenters. The summed E-state index contributed by atoms with van der Waals surface area (Å²) < 4.78 is 4.51. The summed E-state index contributed by atoms with van der Waals surface area (Å²) in [5.41, 5.74) is 0. The minimum Gasteiger partial charge on any atom is -0.464 e. The number of hydrogen-bond donors (Lipinski definition) is 3. The second kappa shape index (κ2) is 6.88. The minimum atomic E-state index is -1.45. The van der Waals surface area contributed by atoms with Crippen LogP contribution in [-0.4, -0.2) is 40.6 Å². The van der Waals surface area contributed by atoms with E-state index >= 15 is 0 Å². The van der Waals surface area contributed by atoms with Crippen molar-refractivity contribution in [3.8, 4) is 0 Å². The zero-order valence-electron chi connectivity index (χ0n) is 6.97.